The van der Waals surface area contributed by atoms with Crippen LogP contribution in [0.5, 0.6) is 0 Å². The van der Waals surface area contributed by atoms with E-state index in [0.29, 0.717) is 0 Å². The lowest BCUT2D eigenvalue weighted by Gasteiger charge is -2.39. The molecule has 6 atom stereocenters. The minimum atomic E-state index is -1.64. The monoisotopic (exact) mass is 351 g/mol. The van der Waals surface area contributed by atoms with Crippen molar-refractivity contribution in [1.82, 2.24) is 5.32 Å². The van der Waals surface area contributed by atoms with E-state index in [1.54, 1.807) is 0 Å². The lowest BCUT2D eigenvalue weighted by atomic mass is 9.93. The molecule has 11 nitrogen and oxygen atoms in total. The maximum absolute atomic E-state index is 11.9. The van der Waals surface area contributed by atoms with Crippen LogP contribution < -0.4 is 5.32 Å². The van der Waals surface area contributed by atoms with E-state index in [-0.39, 0.29) is 6.42 Å². The summed E-state index contributed by atoms with van der Waals surface area (Å²) in [5.41, 5.74) is 0. The highest BCUT2D eigenvalue weighted by Crippen LogP contribution is 2.23. The van der Waals surface area contributed by atoms with Crippen LogP contribution in [0, 0.1) is 0 Å². The first kappa shape index (κ1) is 20.3. The standard InChI is InChI=1S/C13H21NO10/c15-4-7-11(20)12(21)10(19)6(24-7)3-8(16)14-5(13(22)23)1-2-9(17)18/h5-7,10-12,15,19-21H,1-4H2,(H,14,16)(H,17,18)(H,22,23)/t5-,6-,7+,10+,11+,12+/m0/s1. The molecule has 1 heterocycles. The number of ether oxygens (including phenoxy) is 1. The molecular formula is C13H21NO10. The van der Waals surface area contributed by atoms with Gasteiger partial charge in [0.1, 0.15) is 30.5 Å². The second-order valence-electron chi connectivity index (χ2n) is 5.46. The molecule has 24 heavy (non-hydrogen) atoms. The van der Waals surface area contributed by atoms with Gasteiger partial charge in [-0.15, -0.1) is 0 Å². The summed E-state index contributed by atoms with van der Waals surface area (Å²) < 4.78 is 5.13. The molecule has 11 heteroatoms. The molecule has 0 aromatic carbocycles. The molecule has 1 aliphatic rings. The zero-order chi connectivity index (χ0) is 18.4. The fourth-order valence-corrected chi connectivity index (χ4v) is 2.31. The fraction of sp³-hybridized carbons (Fsp3) is 0.769. The zero-order valence-electron chi connectivity index (χ0n) is 12.6. The second kappa shape index (κ2) is 8.89. The Balaban J connectivity index is 2.64. The van der Waals surface area contributed by atoms with Crippen LogP contribution in [0.3, 0.4) is 0 Å². The summed E-state index contributed by atoms with van der Waals surface area (Å²) in [5, 5.41) is 57.7. The van der Waals surface area contributed by atoms with Crippen molar-refractivity contribution < 1.29 is 49.8 Å². The van der Waals surface area contributed by atoms with Gasteiger partial charge in [0, 0.05) is 6.42 Å². The maximum atomic E-state index is 11.9. The number of aliphatic hydroxyl groups excluding tert-OH is 4. The summed E-state index contributed by atoms with van der Waals surface area (Å²) in [5.74, 6) is -3.49. The molecule has 0 bridgehead atoms. The van der Waals surface area contributed by atoms with E-state index < -0.39 is 73.9 Å². The van der Waals surface area contributed by atoms with Gasteiger partial charge in [0.15, 0.2) is 0 Å². The predicted molar refractivity (Wildman–Crippen MR) is 74.8 cm³/mol. The summed E-state index contributed by atoms with van der Waals surface area (Å²) in [6, 6.07) is -1.43. The van der Waals surface area contributed by atoms with Crippen molar-refractivity contribution in [1.29, 1.82) is 0 Å². The molecule has 0 aromatic rings. The van der Waals surface area contributed by atoms with Crippen LogP contribution in [0.1, 0.15) is 19.3 Å². The second-order valence-corrected chi connectivity index (χ2v) is 5.46. The molecule has 138 valence electrons. The highest BCUT2D eigenvalue weighted by molar-refractivity contribution is 5.84. The van der Waals surface area contributed by atoms with Gasteiger partial charge in [-0.2, -0.15) is 0 Å². The summed E-state index contributed by atoms with van der Waals surface area (Å²) in [6.07, 6.45) is -8.60. The van der Waals surface area contributed by atoms with Gasteiger partial charge in [0.25, 0.3) is 0 Å². The molecule has 1 amide bonds. The van der Waals surface area contributed by atoms with E-state index in [1.165, 1.54) is 0 Å². The lowest BCUT2D eigenvalue weighted by molar-refractivity contribution is -0.229. The van der Waals surface area contributed by atoms with Crippen molar-refractivity contribution in [2.24, 2.45) is 0 Å². The number of carbonyl (C=O) groups excluding carboxylic acids is 1. The van der Waals surface area contributed by atoms with Gasteiger partial charge in [-0.25, -0.2) is 4.79 Å². The average molecular weight is 351 g/mol. The van der Waals surface area contributed by atoms with E-state index in [4.69, 9.17) is 20.1 Å². The number of aliphatic hydroxyl groups is 4. The third kappa shape index (κ3) is 5.39. The first-order chi connectivity index (χ1) is 11.2. The lowest BCUT2D eigenvalue weighted by Crippen LogP contribution is -2.59. The van der Waals surface area contributed by atoms with E-state index in [2.05, 4.69) is 5.32 Å². The molecule has 0 aromatic heterocycles. The Hall–Kier alpha value is -1.79. The van der Waals surface area contributed by atoms with Crippen LogP contribution in [0.15, 0.2) is 0 Å². The Kier molecular flexibility index (Phi) is 7.51. The van der Waals surface area contributed by atoms with Crippen LogP contribution >= 0.6 is 0 Å². The quantitative estimate of drug-likeness (QED) is 0.232. The third-order valence-electron chi connectivity index (χ3n) is 3.66. The molecule has 7 N–H and O–H groups in total. The van der Waals surface area contributed by atoms with Gasteiger partial charge in [-0.3, -0.25) is 9.59 Å². The minimum absolute atomic E-state index is 0.328. The summed E-state index contributed by atoms with van der Waals surface area (Å²) in [4.78, 5) is 33.4. The van der Waals surface area contributed by atoms with Crippen molar-refractivity contribution in [2.75, 3.05) is 6.61 Å². The predicted octanol–water partition coefficient (Wildman–Crippen LogP) is -3.35. The van der Waals surface area contributed by atoms with Crippen LogP contribution in [0.2, 0.25) is 0 Å². The highest BCUT2D eigenvalue weighted by Gasteiger charge is 2.44. The summed E-state index contributed by atoms with van der Waals surface area (Å²) in [7, 11) is 0. The molecule has 0 spiro atoms. The van der Waals surface area contributed by atoms with Crippen molar-refractivity contribution >= 4 is 17.8 Å². The normalized spacial score (nSPS) is 31.2. The van der Waals surface area contributed by atoms with E-state index in [1.807, 2.05) is 0 Å². The first-order valence-corrected chi connectivity index (χ1v) is 7.21. The largest absolute Gasteiger partial charge is 0.481 e. The van der Waals surface area contributed by atoms with Crippen molar-refractivity contribution in [3.63, 3.8) is 0 Å². The first-order valence-electron chi connectivity index (χ1n) is 7.21. The van der Waals surface area contributed by atoms with Crippen LogP contribution in [-0.4, -0.2) is 91.7 Å². The molecule has 1 aliphatic heterocycles. The Bertz CT molecular complexity index is 468. The van der Waals surface area contributed by atoms with E-state index >= 15 is 0 Å². The third-order valence-corrected chi connectivity index (χ3v) is 3.66. The molecule has 0 unspecified atom stereocenters. The number of carbonyl (C=O) groups is 3. The summed E-state index contributed by atoms with van der Waals surface area (Å²) in [6.45, 7) is -0.653. The molecule has 0 aliphatic carbocycles. The fourth-order valence-electron chi connectivity index (χ4n) is 2.31. The van der Waals surface area contributed by atoms with E-state index in [9.17, 15) is 29.7 Å². The van der Waals surface area contributed by atoms with Crippen LogP contribution in [0.25, 0.3) is 0 Å². The maximum Gasteiger partial charge on any atom is 0.326 e. The van der Waals surface area contributed by atoms with Crippen molar-refractivity contribution in [2.45, 2.75) is 55.8 Å². The van der Waals surface area contributed by atoms with Crippen LogP contribution in [0.4, 0.5) is 0 Å². The molecule has 0 radical (unpaired) electrons. The van der Waals surface area contributed by atoms with Gasteiger partial charge >= 0.3 is 11.9 Å². The number of hydrogen-bond acceptors (Lipinski definition) is 8. The number of hydrogen-bond donors (Lipinski definition) is 7. The van der Waals surface area contributed by atoms with Gasteiger partial charge < -0.3 is 40.7 Å². The molecular weight excluding hydrogens is 330 g/mol. The zero-order valence-corrected chi connectivity index (χ0v) is 12.6. The van der Waals surface area contributed by atoms with Crippen molar-refractivity contribution in [3.05, 3.63) is 0 Å². The molecule has 1 rings (SSSR count). The van der Waals surface area contributed by atoms with E-state index in [0.717, 1.165) is 0 Å². The summed E-state index contributed by atoms with van der Waals surface area (Å²) >= 11 is 0. The smallest absolute Gasteiger partial charge is 0.326 e. The van der Waals surface area contributed by atoms with Crippen LogP contribution in [-0.2, 0) is 19.1 Å². The number of amides is 1. The Morgan fingerprint density at radius 1 is 1.00 bits per heavy atom. The SMILES string of the molecule is O=C(O)CC[C@H](NC(=O)C[C@@H]1O[C@H](CO)[C@@H](O)[C@H](O)[C@@H]1O)C(=O)O. The number of rotatable bonds is 8. The van der Waals surface area contributed by atoms with Crippen molar-refractivity contribution in [3.8, 4) is 0 Å². The Morgan fingerprint density at radius 3 is 2.08 bits per heavy atom. The topological polar surface area (TPSA) is 194 Å². The molecule has 1 fully saturated rings. The number of carboxylic acid groups (broad SMARTS) is 2. The Morgan fingerprint density at radius 2 is 1.58 bits per heavy atom. The van der Waals surface area contributed by atoms with Gasteiger partial charge in [0.2, 0.25) is 5.91 Å². The number of nitrogens with one attached hydrogen (secondary N) is 1. The average Bonchev–Trinajstić information content (AvgIpc) is 2.51. The van der Waals surface area contributed by atoms with Gasteiger partial charge in [-0.1, -0.05) is 0 Å². The number of carboxylic acids is 2. The minimum Gasteiger partial charge on any atom is -0.481 e. The highest BCUT2D eigenvalue weighted by atomic mass is 16.5. The Labute approximate surface area is 136 Å². The van der Waals surface area contributed by atoms with Gasteiger partial charge in [0.05, 0.1) is 19.1 Å². The molecule has 0 saturated carbocycles. The van der Waals surface area contributed by atoms with Gasteiger partial charge in [-0.05, 0) is 6.42 Å². The molecule has 1 saturated heterocycles. The number of aliphatic carboxylic acids is 2.